The third kappa shape index (κ3) is 4.32. The zero-order valence-electron chi connectivity index (χ0n) is 11.5. The highest BCUT2D eigenvalue weighted by Crippen LogP contribution is 2.16. The van der Waals surface area contributed by atoms with Crippen LogP contribution in [0.3, 0.4) is 0 Å². The fraction of sp³-hybridized carbons (Fsp3) is 0.583. The first-order valence-electron chi connectivity index (χ1n) is 6.29. The van der Waals surface area contributed by atoms with Crippen LogP contribution in [0.2, 0.25) is 0 Å². The second-order valence-corrected chi connectivity index (χ2v) is 4.28. The molecular formula is C12H19N3O5. The average Bonchev–Trinajstić information content (AvgIpc) is 2.83. The Kier molecular flexibility index (Phi) is 6.13. The van der Waals surface area contributed by atoms with Crippen molar-refractivity contribution in [1.29, 1.82) is 0 Å². The third-order valence-corrected chi connectivity index (χ3v) is 2.79. The molecular weight excluding hydrogens is 266 g/mol. The maximum Gasteiger partial charge on any atom is 0.287 e. The Hall–Kier alpha value is -1.93. The van der Waals surface area contributed by atoms with E-state index in [1.54, 1.807) is 6.92 Å². The van der Waals surface area contributed by atoms with Crippen LogP contribution in [-0.4, -0.2) is 46.9 Å². The summed E-state index contributed by atoms with van der Waals surface area (Å²) in [6.07, 6.45) is 1.04. The molecule has 0 fully saturated rings. The maximum atomic E-state index is 11.9. The molecule has 0 saturated carbocycles. The van der Waals surface area contributed by atoms with E-state index in [4.69, 9.17) is 4.74 Å². The Morgan fingerprint density at radius 2 is 2.35 bits per heavy atom. The molecule has 1 aromatic rings. The maximum absolute atomic E-state index is 11.9. The van der Waals surface area contributed by atoms with Gasteiger partial charge >= 0.3 is 0 Å². The molecule has 1 amide bonds. The standard InChI is InChI=1S/C12H19N3O5/c1-3-14-7-9(15(18)19)6-11(14)12(17)13-5-4-10(16)8-20-2/h6-7,10,16H,3-5,8H2,1-2H3,(H,13,17). The topological polar surface area (TPSA) is 107 Å². The molecule has 0 aliphatic heterocycles. The quantitative estimate of drug-likeness (QED) is 0.535. The normalized spacial score (nSPS) is 12.2. The first-order chi connectivity index (χ1) is 9.49. The molecule has 2 N–H and O–H groups in total. The SMILES string of the molecule is CCn1cc([N+](=O)[O-])cc1C(=O)NCCC(O)COC. The number of aryl methyl sites for hydroxylation is 1. The molecule has 1 rings (SSSR count). The fourth-order valence-electron chi connectivity index (χ4n) is 1.77. The van der Waals surface area contributed by atoms with Crippen LogP contribution in [0.15, 0.2) is 12.3 Å². The molecule has 0 spiro atoms. The number of nitrogens with one attached hydrogen (secondary N) is 1. The number of carbonyl (C=O) groups is 1. The molecule has 1 atom stereocenters. The van der Waals surface area contributed by atoms with Gasteiger partial charge in [0.25, 0.3) is 11.6 Å². The smallest absolute Gasteiger partial charge is 0.287 e. The highest BCUT2D eigenvalue weighted by molar-refractivity contribution is 5.93. The summed E-state index contributed by atoms with van der Waals surface area (Å²) in [5, 5.41) is 22.8. The number of aliphatic hydroxyl groups excluding tert-OH is 1. The molecule has 1 heterocycles. The Bertz CT molecular complexity index is 472. The summed E-state index contributed by atoms with van der Waals surface area (Å²) in [4.78, 5) is 22.1. The van der Waals surface area contributed by atoms with Gasteiger partial charge in [0.15, 0.2) is 0 Å². The van der Waals surface area contributed by atoms with Crippen molar-refractivity contribution in [3.05, 3.63) is 28.1 Å². The number of hydrogen-bond acceptors (Lipinski definition) is 5. The second kappa shape index (κ2) is 7.61. The largest absolute Gasteiger partial charge is 0.391 e. The molecule has 8 heteroatoms. The average molecular weight is 285 g/mol. The molecule has 0 radical (unpaired) electrons. The van der Waals surface area contributed by atoms with Crippen LogP contribution < -0.4 is 5.32 Å². The summed E-state index contributed by atoms with van der Waals surface area (Å²) in [6, 6.07) is 1.24. The summed E-state index contributed by atoms with van der Waals surface area (Å²) in [7, 11) is 1.48. The predicted octanol–water partition coefficient (Wildman–Crippen LogP) is 0.543. The van der Waals surface area contributed by atoms with Crippen LogP contribution in [0.1, 0.15) is 23.8 Å². The number of aliphatic hydroxyl groups is 1. The number of nitro groups is 1. The highest BCUT2D eigenvalue weighted by Gasteiger charge is 2.18. The van der Waals surface area contributed by atoms with Crippen molar-refractivity contribution in [2.24, 2.45) is 0 Å². The lowest BCUT2D eigenvalue weighted by atomic mass is 10.2. The number of methoxy groups -OCH3 is 1. The minimum absolute atomic E-state index is 0.114. The van der Waals surface area contributed by atoms with Crippen LogP contribution in [0.25, 0.3) is 0 Å². The van der Waals surface area contributed by atoms with Crippen molar-refractivity contribution in [3.63, 3.8) is 0 Å². The molecule has 112 valence electrons. The first kappa shape index (κ1) is 16.1. The molecule has 0 aliphatic carbocycles. The summed E-state index contributed by atoms with van der Waals surface area (Å²) < 4.78 is 6.28. The molecule has 1 aromatic heterocycles. The van der Waals surface area contributed by atoms with Crippen LogP contribution in [0.5, 0.6) is 0 Å². The van der Waals surface area contributed by atoms with Gasteiger partial charge in [0, 0.05) is 26.3 Å². The Morgan fingerprint density at radius 3 is 2.90 bits per heavy atom. The van der Waals surface area contributed by atoms with Gasteiger partial charge in [-0.05, 0) is 13.3 Å². The van der Waals surface area contributed by atoms with E-state index < -0.39 is 16.9 Å². The number of aromatic nitrogens is 1. The van der Waals surface area contributed by atoms with Crippen molar-refractivity contribution in [3.8, 4) is 0 Å². The van der Waals surface area contributed by atoms with Crippen molar-refractivity contribution < 1.29 is 19.6 Å². The number of rotatable bonds is 8. The first-order valence-corrected chi connectivity index (χ1v) is 6.29. The number of ether oxygens (including phenoxy) is 1. The molecule has 0 saturated heterocycles. The monoisotopic (exact) mass is 285 g/mol. The van der Waals surface area contributed by atoms with Crippen LogP contribution in [-0.2, 0) is 11.3 Å². The molecule has 0 bridgehead atoms. The van der Waals surface area contributed by atoms with E-state index in [1.807, 2.05) is 0 Å². The van der Waals surface area contributed by atoms with Crippen molar-refractivity contribution in [2.45, 2.75) is 26.0 Å². The molecule has 20 heavy (non-hydrogen) atoms. The molecule has 1 unspecified atom stereocenters. The van der Waals surface area contributed by atoms with E-state index >= 15 is 0 Å². The van der Waals surface area contributed by atoms with Crippen molar-refractivity contribution >= 4 is 11.6 Å². The summed E-state index contributed by atoms with van der Waals surface area (Å²) in [5.41, 5.74) is 0.122. The fourth-order valence-corrected chi connectivity index (χ4v) is 1.77. The molecule has 0 aliphatic rings. The van der Waals surface area contributed by atoms with E-state index in [1.165, 1.54) is 23.9 Å². The van der Waals surface area contributed by atoms with Crippen molar-refractivity contribution in [2.75, 3.05) is 20.3 Å². The Morgan fingerprint density at radius 1 is 1.65 bits per heavy atom. The lowest BCUT2D eigenvalue weighted by Gasteiger charge is -2.10. The lowest BCUT2D eigenvalue weighted by Crippen LogP contribution is -2.29. The zero-order valence-corrected chi connectivity index (χ0v) is 11.5. The molecule has 8 nitrogen and oxygen atoms in total. The number of nitrogens with zero attached hydrogens (tertiary/aromatic N) is 2. The summed E-state index contributed by atoms with van der Waals surface area (Å²) in [5.74, 6) is -0.399. The number of hydrogen-bond donors (Lipinski definition) is 2. The zero-order chi connectivity index (χ0) is 15.1. The highest BCUT2D eigenvalue weighted by atomic mass is 16.6. The Labute approximate surface area is 116 Å². The van der Waals surface area contributed by atoms with Gasteiger partial charge in [0.1, 0.15) is 5.69 Å². The van der Waals surface area contributed by atoms with Gasteiger partial charge in [-0.3, -0.25) is 14.9 Å². The van der Waals surface area contributed by atoms with Crippen LogP contribution >= 0.6 is 0 Å². The van der Waals surface area contributed by atoms with Gasteiger partial charge in [-0.2, -0.15) is 0 Å². The minimum Gasteiger partial charge on any atom is -0.391 e. The van der Waals surface area contributed by atoms with E-state index in [0.717, 1.165) is 0 Å². The summed E-state index contributed by atoms with van der Waals surface area (Å²) >= 11 is 0. The molecule has 0 aromatic carbocycles. The number of amides is 1. The van der Waals surface area contributed by atoms with E-state index in [-0.39, 0.29) is 24.5 Å². The van der Waals surface area contributed by atoms with Gasteiger partial charge in [-0.1, -0.05) is 0 Å². The van der Waals surface area contributed by atoms with Crippen LogP contribution in [0.4, 0.5) is 5.69 Å². The van der Waals surface area contributed by atoms with Gasteiger partial charge in [-0.15, -0.1) is 0 Å². The van der Waals surface area contributed by atoms with Gasteiger partial charge in [-0.25, -0.2) is 0 Å². The predicted molar refractivity (Wildman–Crippen MR) is 71.6 cm³/mol. The van der Waals surface area contributed by atoms with Gasteiger partial charge in [0.05, 0.1) is 23.8 Å². The van der Waals surface area contributed by atoms with Crippen LogP contribution in [0, 0.1) is 10.1 Å². The lowest BCUT2D eigenvalue weighted by molar-refractivity contribution is -0.384. The Balaban J connectivity index is 2.61. The van der Waals surface area contributed by atoms with E-state index in [2.05, 4.69) is 5.32 Å². The summed E-state index contributed by atoms with van der Waals surface area (Å²) in [6.45, 7) is 2.73. The van der Waals surface area contributed by atoms with Crippen molar-refractivity contribution in [1.82, 2.24) is 9.88 Å². The second-order valence-electron chi connectivity index (χ2n) is 4.28. The number of carbonyl (C=O) groups excluding carboxylic acids is 1. The third-order valence-electron chi connectivity index (χ3n) is 2.79. The van der Waals surface area contributed by atoms with Gasteiger partial charge in [0.2, 0.25) is 0 Å². The van der Waals surface area contributed by atoms with E-state index in [0.29, 0.717) is 13.0 Å². The van der Waals surface area contributed by atoms with E-state index in [9.17, 15) is 20.0 Å². The van der Waals surface area contributed by atoms with Gasteiger partial charge < -0.3 is 19.7 Å². The minimum atomic E-state index is -0.646.